The van der Waals surface area contributed by atoms with Crippen LogP contribution < -0.4 is 5.32 Å². The number of para-hydroxylation sites is 1. The number of hydrogen-bond acceptors (Lipinski definition) is 5. The molecule has 27 heavy (non-hydrogen) atoms. The molecule has 0 fully saturated rings. The number of carbonyl (C=O) groups is 1. The minimum absolute atomic E-state index is 0.0748. The molecule has 0 saturated carbocycles. The number of aromatic nitrogens is 4. The lowest BCUT2D eigenvalue weighted by molar-refractivity contribution is -0.113. The number of anilines is 1. The summed E-state index contributed by atoms with van der Waals surface area (Å²) in [6.07, 6.45) is 1.02. The van der Waals surface area contributed by atoms with Crippen LogP contribution in [-0.2, 0) is 4.79 Å². The van der Waals surface area contributed by atoms with E-state index in [-0.39, 0.29) is 11.7 Å². The van der Waals surface area contributed by atoms with Crippen molar-refractivity contribution in [2.45, 2.75) is 38.3 Å². The van der Waals surface area contributed by atoms with Gasteiger partial charge in [-0.2, -0.15) is 4.68 Å². The maximum absolute atomic E-state index is 12.5. The second-order valence-electron chi connectivity index (χ2n) is 6.44. The zero-order chi connectivity index (χ0) is 19.2. The Morgan fingerprint density at radius 1 is 1.19 bits per heavy atom. The van der Waals surface area contributed by atoms with Crippen LogP contribution in [0.3, 0.4) is 0 Å². The van der Waals surface area contributed by atoms with Crippen LogP contribution in [0.5, 0.6) is 0 Å². The predicted octanol–water partition coefficient (Wildman–Crippen LogP) is 4.22. The maximum Gasteiger partial charge on any atom is 0.234 e. The molecule has 0 saturated heterocycles. The van der Waals surface area contributed by atoms with E-state index < -0.39 is 0 Å². The highest BCUT2D eigenvalue weighted by atomic mass is 32.2. The van der Waals surface area contributed by atoms with E-state index in [9.17, 15) is 4.79 Å². The van der Waals surface area contributed by atoms with Crippen LogP contribution >= 0.6 is 11.8 Å². The van der Waals surface area contributed by atoms with Gasteiger partial charge in [0.1, 0.15) is 0 Å². The summed E-state index contributed by atoms with van der Waals surface area (Å²) in [5.74, 6) is 0.554. The summed E-state index contributed by atoms with van der Waals surface area (Å²) >= 11 is 1.31. The van der Waals surface area contributed by atoms with Crippen molar-refractivity contribution in [3.8, 4) is 5.69 Å². The standard InChI is InChI=1S/C20H23N5OS/c1-4-15(3)17-7-5-6-8-18(17)21-19(26)13-27-20-22-23-24-25(20)16-11-9-14(2)10-12-16/h5-12,15H,4,13H2,1-3H3,(H,21,26)/t15-/m0/s1. The molecule has 3 aromatic rings. The fourth-order valence-electron chi connectivity index (χ4n) is 2.69. The van der Waals surface area contributed by atoms with Crippen molar-refractivity contribution < 1.29 is 4.79 Å². The molecule has 0 aliphatic rings. The number of nitrogens with one attached hydrogen (secondary N) is 1. The van der Waals surface area contributed by atoms with Crippen LogP contribution in [0, 0.1) is 6.92 Å². The van der Waals surface area contributed by atoms with Crippen molar-refractivity contribution in [3.05, 3.63) is 59.7 Å². The Hall–Kier alpha value is -2.67. The summed E-state index contributed by atoms with van der Waals surface area (Å²) in [5, 5.41) is 15.4. The molecule has 0 aliphatic carbocycles. The Balaban J connectivity index is 1.66. The van der Waals surface area contributed by atoms with Crippen LogP contribution in [-0.4, -0.2) is 31.9 Å². The van der Waals surface area contributed by atoms with Gasteiger partial charge in [-0.05, 0) is 53.5 Å². The van der Waals surface area contributed by atoms with Gasteiger partial charge in [-0.1, -0.05) is 61.5 Å². The van der Waals surface area contributed by atoms with Gasteiger partial charge in [0, 0.05) is 5.69 Å². The average molecular weight is 382 g/mol. The van der Waals surface area contributed by atoms with E-state index >= 15 is 0 Å². The largest absolute Gasteiger partial charge is 0.325 e. The Morgan fingerprint density at radius 2 is 1.93 bits per heavy atom. The van der Waals surface area contributed by atoms with E-state index in [4.69, 9.17) is 0 Å². The van der Waals surface area contributed by atoms with Crippen LogP contribution in [0.15, 0.2) is 53.7 Å². The summed E-state index contributed by atoms with van der Waals surface area (Å²) in [5.41, 5.74) is 4.06. The van der Waals surface area contributed by atoms with Crippen molar-refractivity contribution in [1.82, 2.24) is 20.2 Å². The zero-order valence-electron chi connectivity index (χ0n) is 15.7. The van der Waals surface area contributed by atoms with Gasteiger partial charge in [-0.3, -0.25) is 4.79 Å². The molecule has 1 N–H and O–H groups in total. The van der Waals surface area contributed by atoms with Gasteiger partial charge >= 0.3 is 0 Å². The number of nitrogens with zero attached hydrogens (tertiary/aromatic N) is 4. The minimum atomic E-state index is -0.0748. The van der Waals surface area contributed by atoms with E-state index in [1.54, 1.807) is 4.68 Å². The van der Waals surface area contributed by atoms with Crippen LogP contribution in [0.25, 0.3) is 5.69 Å². The highest BCUT2D eigenvalue weighted by Gasteiger charge is 2.14. The number of benzene rings is 2. The molecule has 1 atom stereocenters. The number of thioether (sulfide) groups is 1. The van der Waals surface area contributed by atoms with E-state index in [1.807, 2.05) is 49.4 Å². The highest BCUT2D eigenvalue weighted by molar-refractivity contribution is 7.99. The lowest BCUT2D eigenvalue weighted by Gasteiger charge is -2.15. The van der Waals surface area contributed by atoms with Gasteiger partial charge < -0.3 is 5.32 Å². The van der Waals surface area contributed by atoms with E-state index in [0.29, 0.717) is 11.1 Å². The Labute approximate surface area is 163 Å². The van der Waals surface area contributed by atoms with Gasteiger partial charge in [0.05, 0.1) is 11.4 Å². The third kappa shape index (κ3) is 4.74. The normalized spacial score (nSPS) is 12.0. The van der Waals surface area contributed by atoms with Crippen LogP contribution in [0.2, 0.25) is 0 Å². The zero-order valence-corrected chi connectivity index (χ0v) is 16.5. The molecule has 140 valence electrons. The number of hydrogen-bond donors (Lipinski definition) is 1. The molecule has 3 rings (SSSR count). The SMILES string of the molecule is CC[C@H](C)c1ccccc1NC(=O)CSc1nnnn1-c1ccc(C)cc1. The Morgan fingerprint density at radius 3 is 2.67 bits per heavy atom. The molecule has 0 radical (unpaired) electrons. The fraction of sp³-hybridized carbons (Fsp3) is 0.300. The minimum Gasteiger partial charge on any atom is -0.325 e. The molecular weight excluding hydrogens is 358 g/mol. The van der Waals surface area contributed by atoms with Gasteiger partial charge in [0.2, 0.25) is 11.1 Å². The van der Waals surface area contributed by atoms with Crippen molar-refractivity contribution in [1.29, 1.82) is 0 Å². The second kappa shape index (κ2) is 8.81. The lowest BCUT2D eigenvalue weighted by Crippen LogP contribution is -2.16. The maximum atomic E-state index is 12.5. The molecule has 0 aliphatic heterocycles. The molecule has 6 nitrogen and oxygen atoms in total. The lowest BCUT2D eigenvalue weighted by atomic mass is 9.97. The molecule has 1 aromatic heterocycles. The van der Waals surface area contributed by atoms with Crippen LogP contribution in [0.1, 0.15) is 37.3 Å². The highest BCUT2D eigenvalue weighted by Crippen LogP contribution is 2.27. The summed E-state index contributed by atoms with van der Waals surface area (Å²) in [6, 6.07) is 15.9. The van der Waals surface area contributed by atoms with Crippen molar-refractivity contribution in [2.24, 2.45) is 0 Å². The van der Waals surface area contributed by atoms with Gasteiger partial charge in [0.25, 0.3) is 0 Å². The molecule has 0 bridgehead atoms. The number of amides is 1. The number of rotatable bonds is 7. The topological polar surface area (TPSA) is 72.7 Å². The molecule has 1 heterocycles. The summed E-state index contributed by atoms with van der Waals surface area (Å²) < 4.78 is 1.64. The molecule has 2 aromatic carbocycles. The first-order valence-corrected chi connectivity index (χ1v) is 9.94. The Bertz CT molecular complexity index is 907. The number of aryl methyl sites for hydroxylation is 1. The molecular formula is C20H23N5OS. The first-order valence-electron chi connectivity index (χ1n) is 8.95. The molecule has 0 unspecified atom stereocenters. The van der Waals surface area contributed by atoms with E-state index in [1.165, 1.54) is 17.3 Å². The van der Waals surface area contributed by atoms with E-state index in [2.05, 4.69) is 40.8 Å². The number of carbonyl (C=O) groups excluding carboxylic acids is 1. The third-order valence-corrected chi connectivity index (χ3v) is 5.35. The van der Waals surface area contributed by atoms with Crippen molar-refractivity contribution in [3.63, 3.8) is 0 Å². The van der Waals surface area contributed by atoms with Gasteiger partial charge in [-0.15, -0.1) is 5.10 Å². The van der Waals surface area contributed by atoms with Crippen molar-refractivity contribution in [2.75, 3.05) is 11.1 Å². The average Bonchev–Trinajstić information content (AvgIpc) is 3.15. The molecule has 1 amide bonds. The van der Waals surface area contributed by atoms with Crippen molar-refractivity contribution >= 4 is 23.4 Å². The monoisotopic (exact) mass is 381 g/mol. The van der Waals surface area contributed by atoms with Crippen LogP contribution in [0.4, 0.5) is 5.69 Å². The molecule has 0 spiro atoms. The fourth-order valence-corrected chi connectivity index (χ4v) is 3.38. The van der Waals surface area contributed by atoms with E-state index in [0.717, 1.165) is 23.4 Å². The summed E-state index contributed by atoms with van der Waals surface area (Å²) in [4.78, 5) is 12.5. The van der Waals surface area contributed by atoms with Gasteiger partial charge in [-0.25, -0.2) is 0 Å². The summed E-state index contributed by atoms with van der Waals surface area (Å²) in [7, 11) is 0. The quantitative estimate of drug-likeness (QED) is 0.621. The summed E-state index contributed by atoms with van der Waals surface area (Å²) in [6.45, 7) is 6.33. The molecule has 7 heteroatoms. The predicted molar refractivity (Wildman–Crippen MR) is 108 cm³/mol. The third-order valence-electron chi connectivity index (χ3n) is 4.43. The number of tetrazole rings is 1. The Kier molecular flexibility index (Phi) is 6.24. The second-order valence-corrected chi connectivity index (χ2v) is 7.38. The first-order chi connectivity index (χ1) is 13.1. The van der Waals surface area contributed by atoms with Gasteiger partial charge in [0.15, 0.2) is 0 Å². The first kappa shape index (κ1) is 19.1. The smallest absolute Gasteiger partial charge is 0.234 e.